The third-order valence-corrected chi connectivity index (χ3v) is 3.40. The van der Waals surface area contributed by atoms with Gasteiger partial charge in [-0.05, 0) is 31.0 Å². The van der Waals surface area contributed by atoms with E-state index in [1.807, 2.05) is 25.3 Å². The van der Waals surface area contributed by atoms with Gasteiger partial charge in [0.1, 0.15) is 0 Å². The van der Waals surface area contributed by atoms with Crippen LogP contribution in [0.4, 0.5) is 0 Å². The Hall–Kier alpha value is -1.30. The second kappa shape index (κ2) is 5.16. The van der Waals surface area contributed by atoms with E-state index in [0.717, 1.165) is 16.3 Å². The lowest BCUT2D eigenvalue weighted by atomic mass is 10.1. The van der Waals surface area contributed by atoms with Gasteiger partial charge >= 0.3 is 0 Å². The average molecular weight is 234 g/mol. The monoisotopic (exact) mass is 234 g/mol. The van der Waals surface area contributed by atoms with E-state index >= 15 is 0 Å². The summed E-state index contributed by atoms with van der Waals surface area (Å²) in [5, 5.41) is 1.06. The molecule has 0 amide bonds. The van der Waals surface area contributed by atoms with Crippen LogP contribution >= 0.6 is 11.3 Å². The lowest BCUT2D eigenvalue weighted by Crippen LogP contribution is -2.28. The summed E-state index contributed by atoms with van der Waals surface area (Å²) < 4.78 is 0. The van der Waals surface area contributed by atoms with Gasteiger partial charge in [-0.1, -0.05) is 0 Å². The molecule has 1 unspecified atom stereocenters. The average Bonchev–Trinajstić information content (AvgIpc) is 2.74. The third-order valence-electron chi connectivity index (χ3n) is 2.37. The largest absolute Gasteiger partial charge is 0.271 e. The Bertz CT molecular complexity index is 440. The number of rotatable bonds is 4. The van der Waals surface area contributed by atoms with Crippen LogP contribution in [0.25, 0.3) is 0 Å². The number of hydrogen-bond acceptors (Lipinski definition) is 5. The summed E-state index contributed by atoms with van der Waals surface area (Å²) in [6, 6.07) is 4.12. The van der Waals surface area contributed by atoms with Gasteiger partial charge in [-0.3, -0.25) is 16.3 Å². The zero-order chi connectivity index (χ0) is 11.4. The van der Waals surface area contributed by atoms with Crippen molar-refractivity contribution in [1.29, 1.82) is 0 Å². The summed E-state index contributed by atoms with van der Waals surface area (Å²) >= 11 is 1.67. The van der Waals surface area contributed by atoms with Crippen LogP contribution in [0, 0.1) is 6.92 Å². The molecule has 4 nitrogen and oxygen atoms in total. The number of thiazole rings is 1. The Morgan fingerprint density at radius 1 is 1.44 bits per heavy atom. The number of hydrogen-bond donors (Lipinski definition) is 2. The maximum atomic E-state index is 5.58. The molecule has 84 valence electrons. The van der Waals surface area contributed by atoms with Crippen molar-refractivity contribution in [3.8, 4) is 0 Å². The molecule has 0 aliphatic carbocycles. The number of nitrogens with zero attached hydrogens (tertiary/aromatic N) is 2. The summed E-state index contributed by atoms with van der Waals surface area (Å²) in [6.07, 6.45) is 6.31. The fraction of sp³-hybridized carbons (Fsp3) is 0.273. The van der Waals surface area contributed by atoms with Gasteiger partial charge < -0.3 is 0 Å². The molecule has 0 saturated heterocycles. The number of hydrazine groups is 1. The van der Waals surface area contributed by atoms with Crippen LogP contribution in [0.15, 0.2) is 30.7 Å². The van der Waals surface area contributed by atoms with Crippen molar-refractivity contribution in [2.24, 2.45) is 5.84 Å². The van der Waals surface area contributed by atoms with Crippen molar-refractivity contribution < 1.29 is 0 Å². The standard InChI is InChI=1S/C11H14N4S/c1-8-14-7-11(16-8)10(15-12)6-9-2-4-13-5-3-9/h2-5,7,10,15H,6,12H2,1H3. The van der Waals surface area contributed by atoms with Crippen LogP contribution < -0.4 is 11.3 Å². The fourth-order valence-electron chi connectivity index (χ4n) is 1.54. The number of aryl methyl sites for hydroxylation is 1. The highest BCUT2D eigenvalue weighted by Crippen LogP contribution is 2.22. The minimum absolute atomic E-state index is 0.119. The summed E-state index contributed by atoms with van der Waals surface area (Å²) in [5.74, 6) is 5.58. The third kappa shape index (κ3) is 2.63. The maximum Gasteiger partial charge on any atom is 0.0897 e. The van der Waals surface area contributed by atoms with Crippen LogP contribution in [-0.4, -0.2) is 9.97 Å². The molecule has 0 radical (unpaired) electrons. The van der Waals surface area contributed by atoms with Gasteiger partial charge in [0.15, 0.2) is 0 Å². The van der Waals surface area contributed by atoms with Gasteiger partial charge in [-0.2, -0.15) is 0 Å². The van der Waals surface area contributed by atoms with Gasteiger partial charge in [0, 0.05) is 23.5 Å². The normalized spacial score (nSPS) is 12.6. The van der Waals surface area contributed by atoms with Crippen molar-refractivity contribution in [2.75, 3.05) is 0 Å². The van der Waals surface area contributed by atoms with Gasteiger partial charge in [0.05, 0.1) is 11.0 Å². The number of pyridine rings is 1. The van der Waals surface area contributed by atoms with Crippen LogP contribution in [0.2, 0.25) is 0 Å². The van der Waals surface area contributed by atoms with Crippen molar-refractivity contribution in [3.05, 3.63) is 46.2 Å². The quantitative estimate of drug-likeness (QED) is 0.623. The first-order valence-electron chi connectivity index (χ1n) is 5.07. The van der Waals surface area contributed by atoms with Crippen LogP contribution in [-0.2, 0) is 6.42 Å². The lowest BCUT2D eigenvalue weighted by molar-refractivity contribution is 0.559. The van der Waals surface area contributed by atoms with Crippen molar-refractivity contribution >= 4 is 11.3 Å². The van der Waals surface area contributed by atoms with Crippen molar-refractivity contribution in [1.82, 2.24) is 15.4 Å². The Kier molecular flexibility index (Phi) is 3.61. The minimum atomic E-state index is 0.119. The molecule has 0 aliphatic rings. The molecule has 0 aliphatic heterocycles. The van der Waals surface area contributed by atoms with Gasteiger partial charge in [-0.15, -0.1) is 11.3 Å². The number of nitrogens with one attached hydrogen (secondary N) is 1. The second-order valence-corrected chi connectivity index (χ2v) is 4.83. The molecule has 0 saturated carbocycles. The molecule has 0 aromatic carbocycles. The molecular weight excluding hydrogens is 220 g/mol. The highest BCUT2D eigenvalue weighted by Gasteiger charge is 2.12. The summed E-state index contributed by atoms with van der Waals surface area (Å²) in [6.45, 7) is 1.99. The molecule has 3 N–H and O–H groups in total. The van der Waals surface area contributed by atoms with Crippen LogP contribution in [0.3, 0.4) is 0 Å². The molecule has 0 fully saturated rings. The molecule has 2 rings (SSSR count). The van der Waals surface area contributed by atoms with E-state index in [1.54, 1.807) is 23.7 Å². The van der Waals surface area contributed by atoms with E-state index in [9.17, 15) is 0 Å². The smallest absolute Gasteiger partial charge is 0.0897 e. The molecule has 5 heteroatoms. The van der Waals surface area contributed by atoms with E-state index in [1.165, 1.54) is 5.56 Å². The molecule has 2 heterocycles. The van der Waals surface area contributed by atoms with E-state index in [-0.39, 0.29) is 6.04 Å². The van der Waals surface area contributed by atoms with Gasteiger partial charge in [0.25, 0.3) is 0 Å². The predicted octanol–water partition coefficient (Wildman–Crippen LogP) is 1.59. The molecule has 16 heavy (non-hydrogen) atoms. The van der Waals surface area contributed by atoms with Crippen LogP contribution in [0.1, 0.15) is 21.5 Å². The highest BCUT2D eigenvalue weighted by atomic mass is 32.1. The van der Waals surface area contributed by atoms with Gasteiger partial charge in [-0.25, -0.2) is 4.98 Å². The minimum Gasteiger partial charge on any atom is -0.271 e. The zero-order valence-electron chi connectivity index (χ0n) is 9.05. The predicted molar refractivity (Wildman–Crippen MR) is 64.9 cm³/mol. The molecule has 2 aromatic heterocycles. The molecule has 0 bridgehead atoms. The van der Waals surface area contributed by atoms with Crippen LogP contribution in [0.5, 0.6) is 0 Å². The molecule has 0 spiro atoms. The van der Waals surface area contributed by atoms with Crippen molar-refractivity contribution in [2.45, 2.75) is 19.4 Å². The Morgan fingerprint density at radius 2 is 2.19 bits per heavy atom. The first kappa shape index (κ1) is 11.2. The Balaban J connectivity index is 2.12. The van der Waals surface area contributed by atoms with E-state index in [2.05, 4.69) is 15.4 Å². The Morgan fingerprint density at radius 3 is 2.75 bits per heavy atom. The summed E-state index contributed by atoms with van der Waals surface area (Å²) in [5.41, 5.74) is 4.04. The Labute approximate surface area is 98.5 Å². The first-order valence-corrected chi connectivity index (χ1v) is 5.88. The summed E-state index contributed by atoms with van der Waals surface area (Å²) in [7, 11) is 0. The molecular formula is C11H14N4S. The zero-order valence-corrected chi connectivity index (χ0v) is 9.87. The number of aromatic nitrogens is 2. The summed E-state index contributed by atoms with van der Waals surface area (Å²) in [4.78, 5) is 9.40. The SMILES string of the molecule is Cc1ncc(C(Cc2ccncc2)NN)s1. The second-order valence-electron chi connectivity index (χ2n) is 3.56. The molecule has 2 aromatic rings. The first-order chi connectivity index (χ1) is 7.79. The lowest BCUT2D eigenvalue weighted by Gasteiger charge is -2.13. The van der Waals surface area contributed by atoms with E-state index in [4.69, 9.17) is 5.84 Å². The highest BCUT2D eigenvalue weighted by molar-refractivity contribution is 7.11. The van der Waals surface area contributed by atoms with E-state index < -0.39 is 0 Å². The number of nitrogens with two attached hydrogens (primary N) is 1. The van der Waals surface area contributed by atoms with Gasteiger partial charge in [0.2, 0.25) is 0 Å². The molecule has 1 atom stereocenters. The maximum absolute atomic E-state index is 5.58. The topological polar surface area (TPSA) is 63.8 Å². The fourth-order valence-corrected chi connectivity index (χ4v) is 2.38. The van der Waals surface area contributed by atoms with Crippen molar-refractivity contribution in [3.63, 3.8) is 0 Å². The van der Waals surface area contributed by atoms with E-state index in [0.29, 0.717) is 0 Å².